The Balaban J connectivity index is 3.18. The highest BCUT2D eigenvalue weighted by molar-refractivity contribution is 5.90. The minimum absolute atomic E-state index is 0.00667. The monoisotopic (exact) mass is 199 g/mol. The van der Waals surface area contributed by atoms with Gasteiger partial charge in [0, 0.05) is 11.8 Å². The van der Waals surface area contributed by atoms with Crippen LogP contribution in [0.15, 0.2) is 11.0 Å². The molecule has 0 atom stereocenters. The molecule has 0 saturated carbocycles. The fourth-order valence-corrected chi connectivity index (χ4v) is 1.02. The Morgan fingerprint density at radius 2 is 2.29 bits per heavy atom. The van der Waals surface area contributed by atoms with E-state index in [-0.39, 0.29) is 17.7 Å². The Hall–Kier alpha value is -1.65. The van der Waals surface area contributed by atoms with Crippen molar-refractivity contribution >= 4 is 5.97 Å². The van der Waals surface area contributed by atoms with Gasteiger partial charge in [-0.1, -0.05) is 0 Å². The molecule has 0 aliphatic heterocycles. The number of esters is 1. The lowest BCUT2D eigenvalue weighted by molar-refractivity contribution is 0.0524. The summed E-state index contributed by atoms with van der Waals surface area (Å²) in [4.78, 5) is 24.1. The number of H-pyrrole nitrogens is 1. The molecule has 0 unspecified atom stereocenters. The fourth-order valence-electron chi connectivity index (χ4n) is 1.02. The second kappa shape index (κ2) is 4.04. The molecule has 0 aliphatic rings. The van der Waals surface area contributed by atoms with E-state index < -0.39 is 17.3 Å². The molecular weight excluding hydrogens is 189 g/mol. The lowest BCUT2D eigenvalue weighted by atomic mass is 10.1. The molecule has 0 aliphatic carbocycles. The summed E-state index contributed by atoms with van der Waals surface area (Å²) in [5.41, 5.74) is -0.785. The van der Waals surface area contributed by atoms with Gasteiger partial charge in [0.1, 0.15) is 0 Å². The maximum absolute atomic E-state index is 13.0. The summed E-state index contributed by atoms with van der Waals surface area (Å²) < 4.78 is 17.7. The summed E-state index contributed by atoms with van der Waals surface area (Å²) in [7, 11) is 0. The average molecular weight is 199 g/mol. The first-order valence-corrected chi connectivity index (χ1v) is 4.12. The number of pyridine rings is 1. The third-order valence-corrected chi connectivity index (χ3v) is 1.78. The van der Waals surface area contributed by atoms with Crippen LogP contribution in [-0.2, 0) is 4.74 Å². The van der Waals surface area contributed by atoms with E-state index in [1.807, 2.05) is 0 Å². The van der Waals surface area contributed by atoms with Gasteiger partial charge in [-0.3, -0.25) is 4.79 Å². The summed E-state index contributed by atoms with van der Waals surface area (Å²) >= 11 is 0. The standard InChI is InChI=1S/C9H10FNO3/c1-3-14-9(13)6-4-11-8(12)7(10)5(6)2/h4H,3H2,1-2H3,(H,11,12). The number of aromatic nitrogens is 1. The molecule has 76 valence electrons. The highest BCUT2D eigenvalue weighted by atomic mass is 19.1. The Morgan fingerprint density at radius 1 is 1.64 bits per heavy atom. The van der Waals surface area contributed by atoms with E-state index in [4.69, 9.17) is 0 Å². The van der Waals surface area contributed by atoms with Crippen molar-refractivity contribution < 1.29 is 13.9 Å². The molecule has 1 heterocycles. The van der Waals surface area contributed by atoms with Crippen molar-refractivity contribution in [3.63, 3.8) is 0 Å². The van der Waals surface area contributed by atoms with Gasteiger partial charge in [-0.15, -0.1) is 0 Å². The number of ether oxygens (including phenoxy) is 1. The predicted molar refractivity (Wildman–Crippen MR) is 47.7 cm³/mol. The molecule has 1 rings (SSSR count). The topological polar surface area (TPSA) is 59.2 Å². The van der Waals surface area contributed by atoms with E-state index in [1.165, 1.54) is 6.92 Å². The molecule has 0 aromatic carbocycles. The molecule has 0 saturated heterocycles. The van der Waals surface area contributed by atoms with Crippen molar-refractivity contribution in [3.8, 4) is 0 Å². The second-order valence-corrected chi connectivity index (χ2v) is 2.69. The number of carbonyl (C=O) groups is 1. The van der Waals surface area contributed by atoms with Gasteiger partial charge < -0.3 is 9.72 Å². The summed E-state index contributed by atoms with van der Waals surface area (Å²) in [5.74, 6) is -1.59. The highest BCUT2D eigenvalue weighted by Crippen LogP contribution is 2.08. The van der Waals surface area contributed by atoms with E-state index in [0.717, 1.165) is 6.20 Å². The first-order chi connectivity index (χ1) is 6.57. The van der Waals surface area contributed by atoms with Crippen molar-refractivity contribution in [3.05, 3.63) is 33.5 Å². The van der Waals surface area contributed by atoms with Crippen molar-refractivity contribution in [2.24, 2.45) is 0 Å². The third kappa shape index (κ3) is 1.81. The quantitative estimate of drug-likeness (QED) is 0.723. The first kappa shape index (κ1) is 10.4. The molecule has 4 nitrogen and oxygen atoms in total. The minimum atomic E-state index is -0.949. The summed E-state index contributed by atoms with van der Waals surface area (Å²) in [6.45, 7) is 3.21. The Bertz CT molecular complexity index is 411. The van der Waals surface area contributed by atoms with Crippen molar-refractivity contribution in [1.29, 1.82) is 0 Å². The van der Waals surface area contributed by atoms with E-state index in [2.05, 4.69) is 9.72 Å². The van der Waals surface area contributed by atoms with E-state index >= 15 is 0 Å². The van der Waals surface area contributed by atoms with Gasteiger partial charge >= 0.3 is 5.97 Å². The highest BCUT2D eigenvalue weighted by Gasteiger charge is 2.14. The lowest BCUT2D eigenvalue weighted by Gasteiger charge is -2.04. The molecule has 0 amide bonds. The molecule has 14 heavy (non-hydrogen) atoms. The van der Waals surface area contributed by atoms with Crippen LogP contribution in [0.5, 0.6) is 0 Å². The molecule has 1 aromatic rings. The maximum atomic E-state index is 13.0. The molecule has 0 spiro atoms. The maximum Gasteiger partial charge on any atom is 0.339 e. The normalized spacial score (nSPS) is 9.93. The van der Waals surface area contributed by atoms with Crippen LogP contribution in [0.4, 0.5) is 4.39 Å². The largest absolute Gasteiger partial charge is 0.462 e. The van der Waals surface area contributed by atoms with Crippen LogP contribution >= 0.6 is 0 Å². The molecule has 0 bridgehead atoms. The van der Waals surface area contributed by atoms with Gasteiger partial charge in [0.15, 0.2) is 5.82 Å². The van der Waals surface area contributed by atoms with Gasteiger partial charge in [-0.2, -0.15) is 0 Å². The molecule has 0 radical (unpaired) electrons. The number of nitrogens with one attached hydrogen (secondary N) is 1. The van der Waals surface area contributed by atoms with E-state index in [0.29, 0.717) is 0 Å². The SMILES string of the molecule is CCOC(=O)c1c[nH]c(=O)c(F)c1C. The van der Waals surface area contributed by atoms with Crippen molar-refractivity contribution in [2.45, 2.75) is 13.8 Å². The van der Waals surface area contributed by atoms with Gasteiger partial charge in [0.2, 0.25) is 0 Å². The minimum Gasteiger partial charge on any atom is -0.462 e. The summed E-state index contributed by atoms with van der Waals surface area (Å²) in [5, 5.41) is 0. The number of rotatable bonds is 2. The summed E-state index contributed by atoms with van der Waals surface area (Å²) in [6.07, 6.45) is 1.15. The number of carbonyl (C=O) groups excluding carboxylic acids is 1. The fraction of sp³-hybridized carbons (Fsp3) is 0.333. The van der Waals surface area contributed by atoms with E-state index in [9.17, 15) is 14.0 Å². The average Bonchev–Trinajstić information content (AvgIpc) is 2.15. The van der Waals surface area contributed by atoms with E-state index in [1.54, 1.807) is 6.92 Å². The first-order valence-electron chi connectivity index (χ1n) is 4.12. The third-order valence-electron chi connectivity index (χ3n) is 1.78. The lowest BCUT2D eigenvalue weighted by Crippen LogP contribution is -2.17. The van der Waals surface area contributed by atoms with Gasteiger partial charge in [-0.25, -0.2) is 9.18 Å². The smallest absolute Gasteiger partial charge is 0.339 e. The van der Waals surface area contributed by atoms with Crippen molar-refractivity contribution in [1.82, 2.24) is 4.98 Å². The Morgan fingerprint density at radius 3 is 2.86 bits per heavy atom. The zero-order chi connectivity index (χ0) is 10.7. The molecule has 5 heteroatoms. The van der Waals surface area contributed by atoms with Crippen LogP contribution in [0.25, 0.3) is 0 Å². The van der Waals surface area contributed by atoms with Crippen LogP contribution in [0.2, 0.25) is 0 Å². The Kier molecular flexibility index (Phi) is 3.01. The molecular formula is C9H10FNO3. The molecule has 1 aromatic heterocycles. The van der Waals surface area contributed by atoms with Crippen LogP contribution in [0, 0.1) is 12.7 Å². The van der Waals surface area contributed by atoms with Crippen LogP contribution < -0.4 is 5.56 Å². The summed E-state index contributed by atoms with van der Waals surface area (Å²) in [6, 6.07) is 0. The Labute approximate surface area is 79.7 Å². The molecule has 0 fully saturated rings. The van der Waals surface area contributed by atoms with Crippen LogP contribution in [-0.4, -0.2) is 17.6 Å². The zero-order valence-electron chi connectivity index (χ0n) is 7.89. The van der Waals surface area contributed by atoms with Gasteiger partial charge in [0.05, 0.1) is 12.2 Å². The zero-order valence-corrected chi connectivity index (χ0v) is 7.89. The van der Waals surface area contributed by atoms with Crippen LogP contribution in [0.3, 0.4) is 0 Å². The number of hydrogen-bond acceptors (Lipinski definition) is 3. The predicted octanol–water partition coefficient (Wildman–Crippen LogP) is 0.999. The number of halogens is 1. The number of aromatic amines is 1. The van der Waals surface area contributed by atoms with Crippen molar-refractivity contribution in [2.75, 3.05) is 6.61 Å². The number of hydrogen-bond donors (Lipinski definition) is 1. The molecule has 1 N–H and O–H groups in total. The van der Waals surface area contributed by atoms with Gasteiger partial charge in [0.25, 0.3) is 5.56 Å². The second-order valence-electron chi connectivity index (χ2n) is 2.69. The van der Waals surface area contributed by atoms with Gasteiger partial charge in [-0.05, 0) is 13.8 Å². The van der Waals surface area contributed by atoms with Crippen LogP contribution in [0.1, 0.15) is 22.8 Å².